The minimum atomic E-state index is -0.224. The number of nitrogens with zero attached hydrogens (tertiary/aromatic N) is 3. The predicted molar refractivity (Wildman–Crippen MR) is 96.6 cm³/mol. The Morgan fingerprint density at radius 2 is 1.75 bits per heavy atom. The van der Waals surface area contributed by atoms with E-state index in [9.17, 15) is 4.79 Å². The van der Waals surface area contributed by atoms with E-state index in [1.54, 1.807) is 6.07 Å². The van der Waals surface area contributed by atoms with Gasteiger partial charge in [-0.1, -0.05) is 25.0 Å². The SMILES string of the molecule is Cc1cccc(NC(=O)c2ccc(N3CCCCCC3)nn2)c1C. The fourth-order valence-electron chi connectivity index (χ4n) is 2.99. The molecule has 1 amide bonds. The number of anilines is 2. The van der Waals surface area contributed by atoms with E-state index < -0.39 is 0 Å². The first-order chi connectivity index (χ1) is 11.6. The van der Waals surface area contributed by atoms with Crippen molar-refractivity contribution in [3.8, 4) is 0 Å². The van der Waals surface area contributed by atoms with Crippen molar-refractivity contribution in [2.45, 2.75) is 39.5 Å². The molecule has 0 spiro atoms. The number of carbonyl (C=O) groups excluding carboxylic acids is 1. The number of carbonyl (C=O) groups is 1. The Morgan fingerprint density at radius 3 is 2.42 bits per heavy atom. The second-order valence-corrected chi connectivity index (χ2v) is 6.38. The molecule has 2 aromatic rings. The van der Waals surface area contributed by atoms with Crippen LogP contribution >= 0.6 is 0 Å². The maximum Gasteiger partial charge on any atom is 0.276 e. The Labute approximate surface area is 143 Å². The fourth-order valence-corrected chi connectivity index (χ4v) is 2.99. The zero-order valence-electron chi connectivity index (χ0n) is 14.4. The molecular formula is C19H24N4O. The molecule has 24 heavy (non-hydrogen) atoms. The van der Waals surface area contributed by atoms with Crippen molar-refractivity contribution in [2.24, 2.45) is 0 Å². The quantitative estimate of drug-likeness (QED) is 0.934. The van der Waals surface area contributed by atoms with Gasteiger partial charge in [-0.3, -0.25) is 4.79 Å². The van der Waals surface area contributed by atoms with E-state index in [1.807, 2.05) is 38.1 Å². The molecule has 1 saturated heterocycles. The van der Waals surface area contributed by atoms with Crippen LogP contribution in [0.15, 0.2) is 30.3 Å². The third-order valence-electron chi connectivity index (χ3n) is 4.67. The number of amides is 1. The van der Waals surface area contributed by atoms with Crippen molar-refractivity contribution in [3.63, 3.8) is 0 Å². The Morgan fingerprint density at radius 1 is 1.00 bits per heavy atom. The average molecular weight is 324 g/mol. The number of rotatable bonds is 3. The zero-order chi connectivity index (χ0) is 16.9. The van der Waals surface area contributed by atoms with Crippen LogP contribution in [0.2, 0.25) is 0 Å². The van der Waals surface area contributed by atoms with Gasteiger partial charge in [-0.2, -0.15) is 0 Å². The summed E-state index contributed by atoms with van der Waals surface area (Å²) in [5, 5.41) is 11.3. The van der Waals surface area contributed by atoms with Gasteiger partial charge in [0, 0.05) is 18.8 Å². The molecule has 5 heteroatoms. The molecule has 3 rings (SSSR count). The Balaban J connectivity index is 1.70. The first-order valence-corrected chi connectivity index (χ1v) is 8.61. The minimum absolute atomic E-state index is 0.224. The van der Waals surface area contributed by atoms with Crippen LogP contribution in [-0.4, -0.2) is 29.2 Å². The van der Waals surface area contributed by atoms with E-state index >= 15 is 0 Å². The summed E-state index contributed by atoms with van der Waals surface area (Å²) >= 11 is 0. The van der Waals surface area contributed by atoms with Gasteiger partial charge in [0.1, 0.15) is 0 Å². The Kier molecular flexibility index (Phi) is 5.08. The third-order valence-corrected chi connectivity index (χ3v) is 4.67. The summed E-state index contributed by atoms with van der Waals surface area (Å²) in [7, 11) is 0. The molecule has 1 aliphatic rings. The van der Waals surface area contributed by atoms with E-state index in [4.69, 9.17) is 0 Å². The highest BCUT2D eigenvalue weighted by molar-refractivity contribution is 6.03. The van der Waals surface area contributed by atoms with Gasteiger partial charge in [0.15, 0.2) is 11.5 Å². The largest absolute Gasteiger partial charge is 0.355 e. The number of hydrogen-bond acceptors (Lipinski definition) is 4. The zero-order valence-corrected chi connectivity index (χ0v) is 14.4. The molecule has 0 atom stereocenters. The van der Waals surface area contributed by atoms with Gasteiger partial charge in [-0.15, -0.1) is 10.2 Å². The van der Waals surface area contributed by atoms with Gasteiger partial charge >= 0.3 is 0 Å². The van der Waals surface area contributed by atoms with Gasteiger partial charge in [-0.25, -0.2) is 0 Å². The molecule has 0 saturated carbocycles. The molecule has 1 aliphatic heterocycles. The van der Waals surface area contributed by atoms with E-state index in [1.165, 1.54) is 25.7 Å². The topological polar surface area (TPSA) is 58.1 Å². The molecule has 5 nitrogen and oxygen atoms in total. The smallest absolute Gasteiger partial charge is 0.276 e. The van der Waals surface area contributed by atoms with Crippen molar-refractivity contribution in [2.75, 3.05) is 23.3 Å². The lowest BCUT2D eigenvalue weighted by molar-refractivity contribution is 0.102. The highest BCUT2D eigenvalue weighted by Crippen LogP contribution is 2.19. The second kappa shape index (κ2) is 7.43. The summed E-state index contributed by atoms with van der Waals surface area (Å²) in [6, 6.07) is 9.52. The van der Waals surface area contributed by atoms with Crippen LogP contribution in [0, 0.1) is 13.8 Å². The normalized spacial score (nSPS) is 15.0. The van der Waals surface area contributed by atoms with E-state index in [0.717, 1.165) is 35.7 Å². The lowest BCUT2D eigenvalue weighted by Crippen LogP contribution is -2.25. The number of hydrogen-bond donors (Lipinski definition) is 1. The van der Waals surface area contributed by atoms with E-state index in [-0.39, 0.29) is 5.91 Å². The maximum absolute atomic E-state index is 12.4. The van der Waals surface area contributed by atoms with Crippen LogP contribution in [-0.2, 0) is 0 Å². The van der Waals surface area contributed by atoms with Crippen LogP contribution < -0.4 is 10.2 Å². The number of aryl methyl sites for hydroxylation is 1. The van der Waals surface area contributed by atoms with Crippen LogP contribution in [0.3, 0.4) is 0 Å². The third kappa shape index (κ3) is 3.72. The summed E-state index contributed by atoms with van der Waals surface area (Å²) in [5.74, 6) is 0.638. The average Bonchev–Trinajstić information content (AvgIpc) is 2.88. The summed E-state index contributed by atoms with van der Waals surface area (Å²) in [6.07, 6.45) is 4.94. The van der Waals surface area contributed by atoms with Crippen molar-refractivity contribution in [3.05, 3.63) is 47.2 Å². The summed E-state index contributed by atoms with van der Waals surface area (Å²) < 4.78 is 0. The number of nitrogens with one attached hydrogen (secondary N) is 1. The van der Waals surface area contributed by atoms with Crippen molar-refractivity contribution >= 4 is 17.4 Å². The summed E-state index contributed by atoms with van der Waals surface area (Å²) in [5.41, 5.74) is 3.38. The lowest BCUT2D eigenvalue weighted by Gasteiger charge is -2.20. The van der Waals surface area contributed by atoms with E-state index in [2.05, 4.69) is 20.4 Å². The summed E-state index contributed by atoms with van der Waals surface area (Å²) in [4.78, 5) is 14.6. The number of aromatic nitrogens is 2. The molecule has 2 heterocycles. The van der Waals surface area contributed by atoms with Crippen LogP contribution in [0.25, 0.3) is 0 Å². The molecule has 0 radical (unpaired) electrons. The lowest BCUT2D eigenvalue weighted by atomic mass is 10.1. The van der Waals surface area contributed by atoms with E-state index in [0.29, 0.717) is 5.69 Å². The fraction of sp³-hybridized carbons (Fsp3) is 0.421. The minimum Gasteiger partial charge on any atom is -0.355 e. The second-order valence-electron chi connectivity index (χ2n) is 6.38. The first kappa shape index (κ1) is 16.4. The molecule has 0 aliphatic carbocycles. The van der Waals surface area contributed by atoms with Crippen molar-refractivity contribution in [1.29, 1.82) is 0 Å². The molecule has 126 valence electrons. The van der Waals surface area contributed by atoms with Gasteiger partial charge in [-0.05, 0) is 56.0 Å². The summed E-state index contributed by atoms with van der Waals surface area (Å²) in [6.45, 7) is 6.06. The van der Waals surface area contributed by atoms with Crippen LogP contribution in [0.4, 0.5) is 11.5 Å². The molecule has 1 aromatic heterocycles. The van der Waals surface area contributed by atoms with Crippen molar-refractivity contribution in [1.82, 2.24) is 10.2 Å². The Hall–Kier alpha value is -2.43. The monoisotopic (exact) mass is 324 g/mol. The van der Waals surface area contributed by atoms with Gasteiger partial charge in [0.05, 0.1) is 0 Å². The predicted octanol–water partition coefficient (Wildman–Crippen LogP) is 3.73. The first-order valence-electron chi connectivity index (χ1n) is 8.61. The van der Waals surface area contributed by atoms with Gasteiger partial charge in [0.2, 0.25) is 0 Å². The molecule has 1 N–H and O–H groups in total. The number of benzene rings is 1. The highest BCUT2D eigenvalue weighted by Gasteiger charge is 2.14. The maximum atomic E-state index is 12.4. The molecule has 1 fully saturated rings. The molecular weight excluding hydrogens is 300 g/mol. The van der Waals surface area contributed by atoms with Crippen LogP contribution in [0.5, 0.6) is 0 Å². The van der Waals surface area contributed by atoms with Crippen molar-refractivity contribution < 1.29 is 4.79 Å². The molecule has 0 unspecified atom stereocenters. The van der Waals surface area contributed by atoms with Gasteiger partial charge < -0.3 is 10.2 Å². The molecule has 1 aromatic carbocycles. The molecule has 0 bridgehead atoms. The van der Waals surface area contributed by atoms with Gasteiger partial charge in [0.25, 0.3) is 5.91 Å². The Bertz CT molecular complexity index is 704. The van der Waals surface area contributed by atoms with Crippen LogP contribution in [0.1, 0.15) is 47.3 Å². The standard InChI is InChI=1S/C19H24N4O/c1-14-8-7-9-16(15(14)2)20-19(24)17-10-11-18(22-21-17)23-12-5-3-4-6-13-23/h7-11H,3-6,12-13H2,1-2H3,(H,20,24). The highest BCUT2D eigenvalue weighted by atomic mass is 16.1.